The van der Waals surface area contributed by atoms with E-state index < -0.39 is 34.3 Å². The van der Waals surface area contributed by atoms with Crippen LogP contribution in [0.1, 0.15) is 49.4 Å². The van der Waals surface area contributed by atoms with Gasteiger partial charge in [-0.3, -0.25) is 13.9 Å². The number of carbonyl (C=O) groups is 2. The third kappa shape index (κ3) is 7.27. The highest BCUT2D eigenvalue weighted by molar-refractivity contribution is 7.92. The molecule has 0 aromatic heterocycles. The molecule has 2 amide bonds. The Hall–Kier alpha value is -3.72. The highest BCUT2D eigenvalue weighted by atomic mass is 32.2. The smallest absolute Gasteiger partial charge is 0.264 e. The molecule has 0 aliphatic heterocycles. The monoisotopic (exact) mass is 567 g/mol. The largest absolute Gasteiger partial charge is 0.352 e. The number of halogens is 1. The summed E-state index contributed by atoms with van der Waals surface area (Å²) in [6.45, 7) is 10.4. The van der Waals surface area contributed by atoms with Crippen LogP contribution < -0.4 is 9.62 Å². The molecule has 40 heavy (non-hydrogen) atoms. The second-order valence-electron chi connectivity index (χ2n) is 10.2. The molecule has 0 saturated carbocycles. The van der Waals surface area contributed by atoms with E-state index in [0.717, 1.165) is 21.0 Å². The van der Waals surface area contributed by atoms with Crippen molar-refractivity contribution >= 4 is 27.5 Å². The molecule has 0 unspecified atom stereocenters. The molecule has 1 N–H and O–H groups in total. The summed E-state index contributed by atoms with van der Waals surface area (Å²) >= 11 is 0. The van der Waals surface area contributed by atoms with Crippen molar-refractivity contribution in [2.24, 2.45) is 0 Å². The van der Waals surface area contributed by atoms with Gasteiger partial charge in [0.2, 0.25) is 11.8 Å². The van der Waals surface area contributed by atoms with Gasteiger partial charge in [-0.2, -0.15) is 0 Å². The number of aryl methyl sites for hydroxylation is 2. The number of hydrogen-bond donors (Lipinski definition) is 1. The zero-order valence-corrected chi connectivity index (χ0v) is 24.8. The Morgan fingerprint density at radius 1 is 0.925 bits per heavy atom. The number of rotatable bonds is 11. The zero-order chi connectivity index (χ0) is 29.6. The van der Waals surface area contributed by atoms with Crippen LogP contribution in [0.25, 0.3) is 0 Å². The van der Waals surface area contributed by atoms with E-state index in [-0.39, 0.29) is 23.4 Å². The van der Waals surface area contributed by atoms with Gasteiger partial charge in [-0.1, -0.05) is 48.9 Å². The van der Waals surface area contributed by atoms with Crippen molar-refractivity contribution in [1.29, 1.82) is 0 Å². The van der Waals surface area contributed by atoms with Crippen LogP contribution >= 0.6 is 0 Å². The SMILES string of the molecule is CC[C@@H](C)NC(=O)[C@@H](C)N(Cc1ccc(F)cc1)C(=O)CN(c1cccc(C)c1C)S(=O)(=O)c1ccc(C)cc1. The van der Waals surface area contributed by atoms with E-state index in [1.54, 1.807) is 43.3 Å². The number of nitrogens with one attached hydrogen (secondary N) is 1. The lowest BCUT2D eigenvalue weighted by Gasteiger charge is -2.33. The minimum Gasteiger partial charge on any atom is -0.352 e. The third-order valence-electron chi connectivity index (χ3n) is 7.17. The molecule has 0 saturated heterocycles. The van der Waals surface area contributed by atoms with E-state index >= 15 is 0 Å². The maximum atomic E-state index is 14.0. The van der Waals surface area contributed by atoms with Gasteiger partial charge >= 0.3 is 0 Å². The van der Waals surface area contributed by atoms with Crippen LogP contribution in [0.4, 0.5) is 10.1 Å². The second kappa shape index (κ2) is 13.1. The molecule has 7 nitrogen and oxygen atoms in total. The standard InChI is InChI=1S/C31H38FN3O4S/c1-7-23(4)33-31(37)25(6)34(19-26-13-15-27(32)16-14-26)30(36)20-35(29-10-8-9-22(3)24(29)5)40(38,39)28-17-11-21(2)12-18-28/h8-18,23,25H,7,19-20H2,1-6H3,(H,33,37)/t23-,25-/m1/s1. The van der Waals surface area contributed by atoms with Crippen LogP contribution in [-0.2, 0) is 26.2 Å². The Morgan fingerprint density at radius 2 is 1.55 bits per heavy atom. The minimum atomic E-state index is -4.15. The van der Waals surface area contributed by atoms with Gasteiger partial charge in [0.1, 0.15) is 18.4 Å². The molecule has 214 valence electrons. The van der Waals surface area contributed by atoms with E-state index in [4.69, 9.17) is 0 Å². The molecule has 3 aromatic carbocycles. The van der Waals surface area contributed by atoms with Gasteiger partial charge in [-0.25, -0.2) is 12.8 Å². The summed E-state index contributed by atoms with van der Waals surface area (Å²) in [5.41, 5.74) is 3.49. The van der Waals surface area contributed by atoms with E-state index in [1.807, 2.05) is 40.7 Å². The van der Waals surface area contributed by atoms with Crippen LogP contribution in [0.5, 0.6) is 0 Å². The van der Waals surface area contributed by atoms with Gasteiger partial charge in [-0.15, -0.1) is 0 Å². The van der Waals surface area contributed by atoms with Gasteiger partial charge in [0.05, 0.1) is 10.6 Å². The second-order valence-corrected chi connectivity index (χ2v) is 12.0. The van der Waals surface area contributed by atoms with Crippen LogP contribution in [0, 0.1) is 26.6 Å². The molecular formula is C31H38FN3O4S. The maximum Gasteiger partial charge on any atom is 0.264 e. The maximum absolute atomic E-state index is 14.0. The molecule has 0 spiro atoms. The third-order valence-corrected chi connectivity index (χ3v) is 8.94. The summed E-state index contributed by atoms with van der Waals surface area (Å²) in [5.74, 6) is -1.34. The van der Waals surface area contributed by atoms with Crippen LogP contribution in [0.15, 0.2) is 71.6 Å². The fraction of sp³-hybridized carbons (Fsp3) is 0.355. The molecule has 0 radical (unpaired) electrons. The Balaban J connectivity index is 2.06. The normalized spacial score (nSPS) is 12.9. The Bertz CT molecular complexity index is 1440. The number of anilines is 1. The van der Waals surface area contributed by atoms with Crippen LogP contribution in [0.2, 0.25) is 0 Å². The topological polar surface area (TPSA) is 86.8 Å². The first kappa shape index (κ1) is 30.8. The first-order valence-corrected chi connectivity index (χ1v) is 14.8. The quantitative estimate of drug-likeness (QED) is 0.342. The average Bonchev–Trinajstić information content (AvgIpc) is 2.92. The fourth-order valence-corrected chi connectivity index (χ4v) is 5.66. The molecule has 0 heterocycles. The van der Waals surface area contributed by atoms with E-state index in [1.165, 1.54) is 29.2 Å². The van der Waals surface area contributed by atoms with Gasteiger partial charge in [-0.05, 0) is 88.1 Å². The fourth-order valence-electron chi connectivity index (χ4n) is 4.19. The summed E-state index contributed by atoms with van der Waals surface area (Å²) < 4.78 is 42.7. The molecule has 9 heteroatoms. The first-order chi connectivity index (χ1) is 18.8. The Kier molecular flexibility index (Phi) is 10.1. The van der Waals surface area contributed by atoms with Crippen molar-refractivity contribution in [2.75, 3.05) is 10.8 Å². The average molecular weight is 568 g/mol. The van der Waals surface area contributed by atoms with Crippen molar-refractivity contribution in [3.63, 3.8) is 0 Å². The Morgan fingerprint density at radius 3 is 2.15 bits per heavy atom. The number of benzene rings is 3. The van der Waals surface area contributed by atoms with Gasteiger partial charge < -0.3 is 10.2 Å². The lowest BCUT2D eigenvalue weighted by Crippen LogP contribution is -2.52. The van der Waals surface area contributed by atoms with E-state index in [9.17, 15) is 22.4 Å². The van der Waals surface area contributed by atoms with E-state index in [0.29, 0.717) is 17.7 Å². The highest BCUT2D eigenvalue weighted by Gasteiger charge is 2.33. The predicted molar refractivity (Wildman–Crippen MR) is 156 cm³/mol. The summed E-state index contributed by atoms with van der Waals surface area (Å²) in [7, 11) is -4.15. The summed E-state index contributed by atoms with van der Waals surface area (Å²) in [6.07, 6.45) is 0.708. The molecule has 3 rings (SSSR count). The lowest BCUT2D eigenvalue weighted by atomic mass is 10.1. The summed E-state index contributed by atoms with van der Waals surface area (Å²) in [4.78, 5) is 28.5. The predicted octanol–water partition coefficient (Wildman–Crippen LogP) is 5.28. The van der Waals surface area contributed by atoms with Gasteiger partial charge in [0.15, 0.2) is 0 Å². The van der Waals surface area contributed by atoms with Crippen LogP contribution in [-0.4, -0.2) is 43.8 Å². The molecule has 0 fully saturated rings. The van der Waals surface area contributed by atoms with Crippen molar-refractivity contribution in [3.05, 3.63) is 94.8 Å². The number of sulfonamides is 1. The Labute approximate surface area is 237 Å². The van der Waals surface area contributed by atoms with Crippen molar-refractivity contribution < 1.29 is 22.4 Å². The molecular weight excluding hydrogens is 529 g/mol. The minimum absolute atomic E-state index is 0.000571. The van der Waals surface area contributed by atoms with Crippen LogP contribution in [0.3, 0.4) is 0 Å². The van der Waals surface area contributed by atoms with Gasteiger partial charge in [0.25, 0.3) is 10.0 Å². The van der Waals surface area contributed by atoms with Crippen molar-refractivity contribution in [1.82, 2.24) is 10.2 Å². The molecule has 0 aliphatic carbocycles. The van der Waals surface area contributed by atoms with Crippen molar-refractivity contribution in [3.8, 4) is 0 Å². The lowest BCUT2D eigenvalue weighted by molar-refractivity contribution is -0.139. The van der Waals surface area contributed by atoms with E-state index in [2.05, 4.69) is 5.32 Å². The summed E-state index contributed by atoms with van der Waals surface area (Å²) in [5, 5.41) is 2.90. The molecule has 3 aromatic rings. The number of amides is 2. The zero-order valence-electron chi connectivity index (χ0n) is 23.9. The number of hydrogen-bond acceptors (Lipinski definition) is 4. The highest BCUT2D eigenvalue weighted by Crippen LogP contribution is 2.29. The summed E-state index contributed by atoms with van der Waals surface area (Å²) in [6, 6.07) is 16.4. The molecule has 2 atom stereocenters. The molecule has 0 aliphatic rings. The van der Waals surface area contributed by atoms with Crippen molar-refractivity contribution in [2.45, 2.75) is 71.5 Å². The number of nitrogens with zero attached hydrogens (tertiary/aromatic N) is 2. The van der Waals surface area contributed by atoms with Gasteiger partial charge in [0, 0.05) is 12.6 Å². The first-order valence-electron chi connectivity index (χ1n) is 13.3. The number of carbonyl (C=O) groups excluding carboxylic acids is 2. The molecule has 0 bridgehead atoms.